The maximum absolute atomic E-state index is 10.4. The molecule has 0 radical (unpaired) electrons. The van der Waals surface area contributed by atoms with Gasteiger partial charge in [-0.1, -0.05) is 44.5 Å². The van der Waals surface area contributed by atoms with Crippen molar-refractivity contribution in [3.05, 3.63) is 35.4 Å². The van der Waals surface area contributed by atoms with Gasteiger partial charge in [0.25, 0.3) is 0 Å². The molecule has 0 aliphatic heterocycles. The lowest BCUT2D eigenvalue weighted by Gasteiger charge is -2.15. The Morgan fingerprint density at radius 1 is 1.33 bits per heavy atom. The van der Waals surface area contributed by atoms with Gasteiger partial charge in [-0.3, -0.25) is 0 Å². The molecule has 2 aliphatic rings. The van der Waals surface area contributed by atoms with E-state index in [4.69, 9.17) is 0 Å². The van der Waals surface area contributed by atoms with Crippen molar-refractivity contribution in [2.24, 2.45) is 17.8 Å². The van der Waals surface area contributed by atoms with Crippen LogP contribution in [0.25, 0.3) is 0 Å². The lowest BCUT2D eigenvalue weighted by atomic mass is 9.92. The van der Waals surface area contributed by atoms with Crippen molar-refractivity contribution in [2.45, 2.75) is 51.6 Å². The van der Waals surface area contributed by atoms with Crippen LogP contribution in [0.4, 0.5) is 0 Å². The summed E-state index contributed by atoms with van der Waals surface area (Å²) < 4.78 is 0. The molecule has 0 saturated heterocycles. The van der Waals surface area contributed by atoms with Gasteiger partial charge in [0.05, 0.1) is 6.10 Å². The first-order valence-electron chi connectivity index (χ1n) is 7.48. The van der Waals surface area contributed by atoms with Crippen molar-refractivity contribution < 1.29 is 5.11 Å². The predicted molar refractivity (Wildman–Crippen MR) is 74.6 cm³/mol. The monoisotopic (exact) mass is 244 g/mol. The normalized spacial score (nSPS) is 32.3. The van der Waals surface area contributed by atoms with E-state index in [1.54, 1.807) is 0 Å². The summed E-state index contributed by atoms with van der Waals surface area (Å²) in [6.07, 6.45) is 4.57. The molecule has 1 saturated carbocycles. The zero-order chi connectivity index (χ0) is 12.7. The molecule has 0 amide bonds. The van der Waals surface area contributed by atoms with Crippen LogP contribution < -0.4 is 0 Å². The van der Waals surface area contributed by atoms with Gasteiger partial charge in [0, 0.05) is 0 Å². The highest BCUT2D eigenvalue weighted by atomic mass is 16.3. The molecule has 0 bridgehead atoms. The number of fused-ring (bicyclic) bond motifs is 3. The summed E-state index contributed by atoms with van der Waals surface area (Å²) >= 11 is 0. The molecule has 18 heavy (non-hydrogen) atoms. The van der Waals surface area contributed by atoms with Crippen LogP contribution >= 0.6 is 0 Å². The van der Waals surface area contributed by atoms with Crippen LogP contribution in [0.2, 0.25) is 0 Å². The van der Waals surface area contributed by atoms with Gasteiger partial charge in [-0.25, -0.2) is 0 Å². The minimum absolute atomic E-state index is 0.0823. The fraction of sp³-hybridized carbons (Fsp3) is 0.647. The lowest BCUT2D eigenvalue weighted by Crippen LogP contribution is -2.15. The van der Waals surface area contributed by atoms with E-state index in [2.05, 4.69) is 38.1 Å². The topological polar surface area (TPSA) is 20.2 Å². The highest BCUT2D eigenvalue weighted by Gasteiger charge is 2.55. The fourth-order valence-corrected chi connectivity index (χ4v) is 3.88. The summed E-state index contributed by atoms with van der Waals surface area (Å²) in [4.78, 5) is 0. The highest BCUT2D eigenvalue weighted by molar-refractivity contribution is 5.39. The molecule has 0 heterocycles. The zero-order valence-electron chi connectivity index (χ0n) is 11.5. The molecule has 1 nitrogen and oxygen atoms in total. The molecule has 0 aromatic heterocycles. The van der Waals surface area contributed by atoms with Crippen LogP contribution in [0.15, 0.2) is 24.3 Å². The molecule has 98 valence electrons. The Hall–Kier alpha value is -0.820. The van der Waals surface area contributed by atoms with Crippen molar-refractivity contribution in [2.75, 3.05) is 0 Å². The molecule has 1 aromatic rings. The Kier molecular flexibility index (Phi) is 3.19. The molecule has 3 rings (SSSR count). The van der Waals surface area contributed by atoms with Gasteiger partial charge < -0.3 is 5.11 Å². The third kappa shape index (κ3) is 1.99. The number of rotatable bonds is 4. The summed E-state index contributed by atoms with van der Waals surface area (Å²) in [6.45, 7) is 4.47. The molecule has 2 aliphatic carbocycles. The van der Waals surface area contributed by atoms with Crippen LogP contribution in [0.5, 0.6) is 0 Å². The highest BCUT2D eigenvalue weighted by Crippen LogP contribution is 2.61. The van der Waals surface area contributed by atoms with Gasteiger partial charge in [0.2, 0.25) is 0 Å². The third-order valence-electron chi connectivity index (χ3n) is 5.18. The second-order valence-electron chi connectivity index (χ2n) is 6.32. The van der Waals surface area contributed by atoms with Gasteiger partial charge in [0.15, 0.2) is 0 Å². The maximum Gasteiger partial charge on any atom is 0.0579 e. The van der Waals surface area contributed by atoms with E-state index in [1.807, 2.05) is 0 Å². The number of benzene rings is 1. The first-order valence-corrected chi connectivity index (χ1v) is 7.48. The van der Waals surface area contributed by atoms with Crippen LogP contribution in [-0.2, 0) is 6.42 Å². The Bertz CT molecular complexity index is 425. The molecule has 0 spiro atoms. The van der Waals surface area contributed by atoms with E-state index in [0.29, 0.717) is 17.8 Å². The average molecular weight is 244 g/mol. The summed E-state index contributed by atoms with van der Waals surface area (Å²) in [7, 11) is 0. The molecule has 1 aromatic carbocycles. The minimum Gasteiger partial charge on any atom is -0.393 e. The van der Waals surface area contributed by atoms with Crippen molar-refractivity contribution in [1.29, 1.82) is 0 Å². The van der Waals surface area contributed by atoms with E-state index >= 15 is 0 Å². The molecular weight excluding hydrogens is 220 g/mol. The van der Waals surface area contributed by atoms with Gasteiger partial charge in [-0.15, -0.1) is 0 Å². The Balaban J connectivity index is 1.73. The average Bonchev–Trinajstić information content (AvgIpc) is 3.13. The smallest absolute Gasteiger partial charge is 0.0579 e. The molecule has 1 N–H and O–H groups in total. The Morgan fingerprint density at radius 3 is 2.89 bits per heavy atom. The van der Waals surface area contributed by atoms with Gasteiger partial charge in [-0.05, 0) is 54.1 Å². The fourth-order valence-electron chi connectivity index (χ4n) is 3.88. The van der Waals surface area contributed by atoms with Crippen molar-refractivity contribution in [1.82, 2.24) is 0 Å². The number of aliphatic hydroxyl groups is 1. The Morgan fingerprint density at radius 2 is 2.11 bits per heavy atom. The van der Waals surface area contributed by atoms with E-state index in [-0.39, 0.29) is 6.10 Å². The summed E-state index contributed by atoms with van der Waals surface area (Å²) in [5, 5.41) is 10.4. The molecule has 1 heteroatoms. The molecule has 5 atom stereocenters. The van der Waals surface area contributed by atoms with Gasteiger partial charge >= 0.3 is 0 Å². The van der Waals surface area contributed by atoms with E-state index in [0.717, 1.165) is 12.3 Å². The van der Waals surface area contributed by atoms with Crippen LogP contribution in [0.3, 0.4) is 0 Å². The van der Waals surface area contributed by atoms with Gasteiger partial charge in [0.1, 0.15) is 0 Å². The van der Waals surface area contributed by atoms with Crippen molar-refractivity contribution in [3.63, 3.8) is 0 Å². The van der Waals surface area contributed by atoms with Gasteiger partial charge in [-0.2, -0.15) is 0 Å². The Labute approximate surface area is 110 Å². The molecule has 5 unspecified atom stereocenters. The predicted octanol–water partition coefficient (Wildman–Crippen LogP) is 3.76. The number of aliphatic hydroxyl groups excluding tert-OH is 1. The second-order valence-corrected chi connectivity index (χ2v) is 6.32. The van der Waals surface area contributed by atoms with Crippen molar-refractivity contribution in [3.8, 4) is 0 Å². The van der Waals surface area contributed by atoms with Crippen LogP contribution in [0.1, 0.15) is 50.2 Å². The standard InChI is InChI=1S/C17H24O/c1-3-11(2)10-15(18)17-14-9-8-12-6-4-5-7-13(12)16(14)17/h4-7,11,14-18H,3,8-10H2,1-2H3. The first kappa shape index (κ1) is 12.2. The van der Waals surface area contributed by atoms with E-state index < -0.39 is 0 Å². The van der Waals surface area contributed by atoms with Crippen LogP contribution in [0, 0.1) is 17.8 Å². The zero-order valence-corrected chi connectivity index (χ0v) is 11.5. The summed E-state index contributed by atoms with van der Waals surface area (Å²) in [6, 6.07) is 8.84. The van der Waals surface area contributed by atoms with E-state index in [1.165, 1.54) is 30.4 Å². The third-order valence-corrected chi connectivity index (χ3v) is 5.18. The first-order chi connectivity index (χ1) is 8.72. The quantitative estimate of drug-likeness (QED) is 0.855. The maximum atomic E-state index is 10.4. The molecular formula is C17H24O. The summed E-state index contributed by atoms with van der Waals surface area (Å²) in [5.74, 6) is 2.62. The lowest BCUT2D eigenvalue weighted by molar-refractivity contribution is 0.115. The SMILES string of the molecule is CCC(C)CC(O)C1C2CCc3ccccc3C21. The second kappa shape index (κ2) is 4.70. The largest absolute Gasteiger partial charge is 0.393 e. The van der Waals surface area contributed by atoms with Crippen LogP contribution in [-0.4, -0.2) is 11.2 Å². The number of hydrogen-bond acceptors (Lipinski definition) is 1. The van der Waals surface area contributed by atoms with E-state index in [9.17, 15) is 5.11 Å². The van der Waals surface area contributed by atoms with Crippen molar-refractivity contribution >= 4 is 0 Å². The molecule has 1 fully saturated rings. The summed E-state index contributed by atoms with van der Waals surface area (Å²) in [5.41, 5.74) is 3.05. The number of hydrogen-bond donors (Lipinski definition) is 1. The number of aryl methyl sites for hydroxylation is 1. The minimum atomic E-state index is -0.0823.